The van der Waals surface area contributed by atoms with Crippen LogP contribution < -0.4 is 15.1 Å². The van der Waals surface area contributed by atoms with Crippen molar-refractivity contribution in [1.29, 1.82) is 0 Å². The van der Waals surface area contributed by atoms with Crippen molar-refractivity contribution in [2.24, 2.45) is 0 Å². The standard InChI is InChI=1S/C28H27F2N7O3/c1-16-26(25-20(30)9-18(29)10-22(25)35-27(16)37-4-2-3-23(37)28(38)39)34-21-11-24(36-5-7-40-8-6-36)33-14-19(21)17-12-31-15-32-13-17/h9-15,23H,2-8H2,1H3,(H,38,39)(H,33,34,35)/t23-/m1/s1. The van der Waals surface area contributed by atoms with Gasteiger partial charge in [-0.2, -0.15) is 0 Å². The SMILES string of the molecule is Cc1c(N2CCC[C@@H]2C(=O)O)nc2cc(F)cc(F)c2c1Nc1cc(N2CCOCC2)ncc1-c1cncnc1. The van der Waals surface area contributed by atoms with E-state index in [1.165, 1.54) is 6.33 Å². The highest BCUT2D eigenvalue weighted by Gasteiger charge is 2.33. The summed E-state index contributed by atoms with van der Waals surface area (Å²) in [6.45, 7) is 4.72. The van der Waals surface area contributed by atoms with Gasteiger partial charge in [-0.15, -0.1) is 0 Å². The minimum Gasteiger partial charge on any atom is -0.480 e. The minimum absolute atomic E-state index is 0.0868. The van der Waals surface area contributed by atoms with Gasteiger partial charge in [0.15, 0.2) is 0 Å². The first kappa shape index (κ1) is 25.8. The van der Waals surface area contributed by atoms with Crippen LogP contribution in [0.5, 0.6) is 0 Å². The van der Waals surface area contributed by atoms with E-state index in [1.54, 1.807) is 30.4 Å². The van der Waals surface area contributed by atoms with Crippen molar-refractivity contribution >= 4 is 39.9 Å². The Labute approximate surface area is 228 Å². The number of halogens is 2. The summed E-state index contributed by atoms with van der Waals surface area (Å²) >= 11 is 0. The summed E-state index contributed by atoms with van der Waals surface area (Å²) in [6.07, 6.45) is 7.58. The molecule has 4 aromatic rings. The van der Waals surface area contributed by atoms with E-state index in [9.17, 15) is 14.3 Å². The van der Waals surface area contributed by atoms with Crippen LogP contribution in [0.3, 0.4) is 0 Å². The van der Waals surface area contributed by atoms with Crippen molar-refractivity contribution in [2.75, 3.05) is 48.0 Å². The van der Waals surface area contributed by atoms with Crippen molar-refractivity contribution < 1.29 is 23.4 Å². The molecule has 2 aliphatic rings. The Hall–Kier alpha value is -4.45. The average Bonchev–Trinajstić information content (AvgIpc) is 3.45. The lowest BCUT2D eigenvalue weighted by atomic mass is 10.0. The summed E-state index contributed by atoms with van der Waals surface area (Å²) in [7, 11) is 0. The van der Waals surface area contributed by atoms with Crippen LogP contribution in [0.2, 0.25) is 0 Å². The van der Waals surface area contributed by atoms with Gasteiger partial charge >= 0.3 is 5.97 Å². The van der Waals surface area contributed by atoms with Gasteiger partial charge < -0.3 is 25.0 Å². The highest BCUT2D eigenvalue weighted by atomic mass is 19.1. The van der Waals surface area contributed by atoms with E-state index in [1.807, 2.05) is 6.07 Å². The number of nitrogens with one attached hydrogen (secondary N) is 1. The average molecular weight is 548 g/mol. The van der Waals surface area contributed by atoms with Crippen molar-refractivity contribution in [1.82, 2.24) is 19.9 Å². The molecule has 3 aromatic heterocycles. The molecule has 10 nitrogen and oxygen atoms in total. The van der Waals surface area contributed by atoms with E-state index in [4.69, 9.17) is 4.74 Å². The van der Waals surface area contributed by atoms with Crippen LogP contribution >= 0.6 is 0 Å². The summed E-state index contributed by atoms with van der Waals surface area (Å²) in [5.41, 5.74) is 2.98. The van der Waals surface area contributed by atoms with E-state index in [-0.39, 0.29) is 10.9 Å². The molecule has 2 fully saturated rings. The third-order valence-electron chi connectivity index (χ3n) is 7.39. The minimum atomic E-state index is -0.964. The van der Waals surface area contributed by atoms with E-state index < -0.39 is 23.6 Å². The number of pyridine rings is 2. The predicted molar refractivity (Wildman–Crippen MR) is 146 cm³/mol. The zero-order chi connectivity index (χ0) is 27.8. The fourth-order valence-electron chi connectivity index (χ4n) is 5.42. The number of benzene rings is 1. The molecule has 6 rings (SSSR count). The van der Waals surface area contributed by atoms with Gasteiger partial charge in [-0.05, 0) is 19.8 Å². The molecule has 2 saturated heterocycles. The first-order chi connectivity index (χ1) is 19.4. The Bertz CT molecular complexity index is 1580. The summed E-state index contributed by atoms with van der Waals surface area (Å²) < 4.78 is 35.3. The monoisotopic (exact) mass is 547 g/mol. The second-order valence-electron chi connectivity index (χ2n) is 9.85. The maximum absolute atomic E-state index is 15.4. The Morgan fingerprint density at radius 2 is 1.88 bits per heavy atom. The maximum Gasteiger partial charge on any atom is 0.326 e. The van der Waals surface area contributed by atoms with E-state index in [0.717, 1.165) is 12.1 Å². The highest BCUT2D eigenvalue weighted by molar-refractivity contribution is 5.99. The number of anilines is 4. The van der Waals surface area contributed by atoms with E-state index in [0.29, 0.717) is 85.4 Å². The third kappa shape index (κ3) is 4.75. The zero-order valence-corrected chi connectivity index (χ0v) is 21.8. The molecule has 0 saturated carbocycles. The number of carboxylic acid groups (broad SMARTS) is 1. The number of rotatable bonds is 6. The lowest BCUT2D eigenvalue weighted by Gasteiger charge is -2.29. The molecule has 2 N–H and O–H groups in total. The Morgan fingerprint density at radius 1 is 1.10 bits per heavy atom. The molecular formula is C28H27F2N7O3. The van der Waals surface area contributed by atoms with E-state index >= 15 is 4.39 Å². The molecule has 1 aromatic carbocycles. The number of hydrogen-bond donors (Lipinski definition) is 2. The number of carboxylic acids is 1. The van der Waals surface area contributed by atoms with Gasteiger partial charge in [0.1, 0.15) is 35.6 Å². The van der Waals surface area contributed by atoms with Gasteiger partial charge in [0, 0.05) is 73.1 Å². The van der Waals surface area contributed by atoms with Gasteiger partial charge in [0.25, 0.3) is 0 Å². The molecule has 2 aliphatic heterocycles. The smallest absolute Gasteiger partial charge is 0.326 e. The summed E-state index contributed by atoms with van der Waals surface area (Å²) in [5.74, 6) is -1.43. The summed E-state index contributed by atoms with van der Waals surface area (Å²) in [6, 6.07) is 3.08. The second-order valence-corrected chi connectivity index (χ2v) is 9.85. The number of fused-ring (bicyclic) bond motifs is 1. The number of morpholine rings is 1. The Kier molecular flexibility index (Phi) is 6.84. The number of hydrogen-bond acceptors (Lipinski definition) is 9. The van der Waals surface area contributed by atoms with Crippen LogP contribution in [-0.2, 0) is 9.53 Å². The number of nitrogens with zero attached hydrogens (tertiary/aromatic N) is 6. The van der Waals surface area contributed by atoms with Crippen LogP contribution in [0.1, 0.15) is 18.4 Å². The first-order valence-electron chi connectivity index (χ1n) is 13.0. The highest BCUT2D eigenvalue weighted by Crippen LogP contribution is 2.41. The van der Waals surface area contributed by atoms with Crippen molar-refractivity contribution in [3.8, 4) is 11.1 Å². The summed E-state index contributed by atoms with van der Waals surface area (Å²) in [4.78, 5) is 33.3. The molecule has 1 atom stereocenters. The number of aliphatic carboxylic acids is 1. The first-order valence-corrected chi connectivity index (χ1v) is 13.0. The van der Waals surface area contributed by atoms with Crippen LogP contribution in [0.4, 0.5) is 31.8 Å². The quantitative estimate of drug-likeness (QED) is 0.362. The fraction of sp³-hybridized carbons (Fsp3) is 0.321. The van der Waals surface area contributed by atoms with Crippen LogP contribution in [0.25, 0.3) is 22.0 Å². The van der Waals surface area contributed by atoms with Gasteiger partial charge in [0.05, 0.1) is 35.5 Å². The van der Waals surface area contributed by atoms with Crippen LogP contribution in [0.15, 0.2) is 43.1 Å². The van der Waals surface area contributed by atoms with Gasteiger partial charge in [-0.25, -0.2) is 33.5 Å². The molecule has 12 heteroatoms. The van der Waals surface area contributed by atoms with E-state index in [2.05, 4.69) is 30.2 Å². The lowest BCUT2D eigenvalue weighted by molar-refractivity contribution is -0.138. The van der Waals surface area contributed by atoms with Crippen molar-refractivity contribution in [3.63, 3.8) is 0 Å². The molecule has 0 spiro atoms. The molecule has 40 heavy (non-hydrogen) atoms. The van der Waals surface area contributed by atoms with Gasteiger partial charge in [-0.1, -0.05) is 0 Å². The predicted octanol–water partition coefficient (Wildman–Crippen LogP) is 4.31. The van der Waals surface area contributed by atoms with Gasteiger partial charge in [-0.3, -0.25) is 0 Å². The largest absolute Gasteiger partial charge is 0.480 e. The van der Waals surface area contributed by atoms with Gasteiger partial charge in [0.2, 0.25) is 0 Å². The second kappa shape index (κ2) is 10.6. The molecule has 0 aliphatic carbocycles. The van der Waals surface area contributed by atoms with Crippen molar-refractivity contribution in [3.05, 3.63) is 60.3 Å². The molecule has 206 valence electrons. The third-order valence-corrected chi connectivity index (χ3v) is 7.39. The number of ether oxygens (including phenoxy) is 1. The number of carbonyl (C=O) groups is 1. The Morgan fingerprint density at radius 3 is 2.62 bits per heavy atom. The van der Waals surface area contributed by atoms with Crippen molar-refractivity contribution in [2.45, 2.75) is 25.8 Å². The zero-order valence-electron chi connectivity index (χ0n) is 21.8. The van der Waals surface area contributed by atoms with Crippen LogP contribution in [0, 0.1) is 18.6 Å². The molecule has 0 radical (unpaired) electrons. The maximum atomic E-state index is 15.4. The normalized spacial score (nSPS) is 17.4. The van der Waals surface area contributed by atoms with Crippen LogP contribution in [-0.4, -0.2) is 69.9 Å². The summed E-state index contributed by atoms with van der Waals surface area (Å²) in [5, 5.41) is 13.3. The molecule has 5 heterocycles. The molecule has 0 bridgehead atoms. The number of aromatic nitrogens is 4. The lowest BCUT2D eigenvalue weighted by Crippen LogP contribution is -2.37. The molecule has 0 amide bonds. The fourth-order valence-corrected chi connectivity index (χ4v) is 5.42. The Balaban J connectivity index is 1.54. The topological polar surface area (TPSA) is 117 Å². The molecular weight excluding hydrogens is 520 g/mol. The molecule has 0 unspecified atom stereocenters.